The molecule has 0 atom stereocenters. The van der Waals surface area contributed by atoms with Crippen LogP contribution in [0.2, 0.25) is 5.02 Å². The van der Waals surface area contributed by atoms with Crippen LogP contribution in [-0.4, -0.2) is 76.3 Å². The second-order valence-corrected chi connectivity index (χ2v) is 15.1. The summed E-state index contributed by atoms with van der Waals surface area (Å²) in [7, 11) is 2.00. The molecule has 0 bridgehead atoms. The molecule has 3 aromatic carbocycles. The van der Waals surface area contributed by atoms with Crippen LogP contribution < -0.4 is 10.1 Å². The number of nitrogens with zero attached hydrogens (tertiary/aromatic N) is 4. The summed E-state index contributed by atoms with van der Waals surface area (Å²) in [5.74, 6) is 0.138. The number of fused-ring (bicyclic) bond motifs is 3. The Morgan fingerprint density at radius 3 is 2.50 bits per heavy atom. The Kier molecular flexibility index (Phi) is 15.8. The van der Waals surface area contributed by atoms with Crippen LogP contribution in [0.3, 0.4) is 0 Å². The monoisotopic (exact) mass is 789 g/mol. The van der Waals surface area contributed by atoms with Gasteiger partial charge in [-0.05, 0) is 125 Å². The molecule has 0 amide bonds. The van der Waals surface area contributed by atoms with Gasteiger partial charge in [0.15, 0.2) is 0 Å². The standard InChI is InChI=1S/C40H46ClFN4O4.C4H11N.CH4/c1-3-34-37-33(43-44(34)2)25-45(20-15-26-16-22-49-23-17-26)18-4-5-19-46-38-31(13-14-32(41)36(37)38)30(39(46)40(47)48)9-7-21-50-35-10-6-8-27-24-28(42)11-12-29(27)35;1-3-5-4-2;/h6,8,10-14,24,26H,3-5,7,9,15-23,25H2,1-2H3,(H,47,48);5H,3-4H2,1-2H3;1H4. The summed E-state index contributed by atoms with van der Waals surface area (Å²) in [6.07, 6.45) is 7.06. The predicted molar refractivity (Wildman–Crippen MR) is 227 cm³/mol. The maximum atomic E-state index is 13.8. The van der Waals surface area contributed by atoms with E-state index in [0.717, 1.165) is 134 Å². The van der Waals surface area contributed by atoms with Gasteiger partial charge in [0.25, 0.3) is 0 Å². The summed E-state index contributed by atoms with van der Waals surface area (Å²) in [6.45, 7) is 13.8. The van der Waals surface area contributed by atoms with Crippen molar-refractivity contribution >= 4 is 39.2 Å². The van der Waals surface area contributed by atoms with E-state index in [1.807, 2.05) is 46.6 Å². The zero-order chi connectivity index (χ0) is 38.9. The summed E-state index contributed by atoms with van der Waals surface area (Å²) in [5, 5.41) is 22.1. The molecule has 1 fully saturated rings. The lowest BCUT2D eigenvalue weighted by Gasteiger charge is -2.27. The fourth-order valence-corrected chi connectivity index (χ4v) is 8.64. The highest BCUT2D eigenvalue weighted by molar-refractivity contribution is 6.35. The number of rotatable bonds is 12. The van der Waals surface area contributed by atoms with Crippen molar-refractivity contribution in [3.8, 4) is 16.9 Å². The zero-order valence-corrected chi connectivity index (χ0v) is 33.7. The molecular weight excluding hydrogens is 729 g/mol. The number of hydrogen-bond donors (Lipinski definition) is 2. The lowest BCUT2D eigenvalue weighted by atomic mass is 9.95. The van der Waals surface area contributed by atoms with E-state index in [-0.39, 0.29) is 13.2 Å². The van der Waals surface area contributed by atoms with Crippen molar-refractivity contribution in [2.45, 2.75) is 92.7 Å². The first-order valence-corrected chi connectivity index (χ1v) is 20.6. The first kappa shape index (κ1) is 43.2. The van der Waals surface area contributed by atoms with E-state index in [1.165, 1.54) is 12.1 Å². The molecule has 9 nitrogen and oxygen atoms in total. The Morgan fingerprint density at radius 1 is 1.04 bits per heavy atom. The second-order valence-electron chi connectivity index (χ2n) is 14.7. The number of aromatic carboxylic acids is 1. The fraction of sp³-hybridized carbons (Fsp3) is 0.511. The van der Waals surface area contributed by atoms with Crippen LogP contribution in [0.15, 0.2) is 48.5 Å². The minimum Gasteiger partial charge on any atom is -0.493 e. The molecule has 0 saturated carbocycles. The first-order valence-electron chi connectivity index (χ1n) is 20.2. The highest BCUT2D eigenvalue weighted by Crippen LogP contribution is 2.43. The number of aryl methyl sites for hydroxylation is 3. The van der Waals surface area contributed by atoms with Crippen molar-refractivity contribution in [1.82, 2.24) is 24.6 Å². The smallest absolute Gasteiger partial charge is 0.352 e. The topological polar surface area (TPSA) is 93.8 Å². The molecule has 7 rings (SSSR count). The summed E-state index contributed by atoms with van der Waals surface area (Å²) >= 11 is 7.16. The summed E-state index contributed by atoms with van der Waals surface area (Å²) in [4.78, 5) is 15.7. The molecule has 2 aromatic heterocycles. The molecule has 2 aliphatic heterocycles. The van der Waals surface area contributed by atoms with Crippen molar-refractivity contribution in [1.29, 1.82) is 0 Å². The Hall–Kier alpha value is -3.96. The van der Waals surface area contributed by atoms with E-state index < -0.39 is 5.97 Å². The van der Waals surface area contributed by atoms with Crippen LogP contribution in [0.1, 0.15) is 94.2 Å². The van der Waals surface area contributed by atoms with Crippen LogP contribution in [-0.2, 0) is 37.7 Å². The average molecular weight is 790 g/mol. The van der Waals surface area contributed by atoms with Crippen LogP contribution in [0.25, 0.3) is 32.8 Å². The summed E-state index contributed by atoms with van der Waals surface area (Å²) in [6, 6.07) is 14.2. The predicted octanol–water partition coefficient (Wildman–Crippen LogP) is 9.92. The Balaban J connectivity index is 0.000000941. The molecule has 0 unspecified atom stereocenters. The van der Waals surface area contributed by atoms with Crippen molar-refractivity contribution in [2.24, 2.45) is 13.0 Å². The maximum Gasteiger partial charge on any atom is 0.352 e. The Morgan fingerprint density at radius 2 is 1.79 bits per heavy atom. The molecule has 304 valence electrons. The normalized spacial score (nSPS) is 15.1. The van der Waals surface area contributed by atoms with Crippen molar-refractivity contribution < 1.29 is 23.8 Å². The van der Waals surface area contributed by atoms with Gasteiger partial charge in [-0.15, -0.1) is 0 Å². The highest BCUT2D eigenvalue weighted by Gasteiger charge is 2.30. The molecule has 2 aliphatic rings. The Bertz CT molecular complexity index is 2070. The van der Waals surface area contributed by atoms with E-state index in [9.17, 15) is 14.3 Å². The van der Waals surface area contributed by atoms with E-state index in [4.69, 9.17) is 26.2 Å². The number of aromatic nitrogens is 3. The Labute approximate surface area is 337 Å². The average Bonchev–Trinajstić information content (AvgIpc) is 3.66. The van der Waals surface area contributed by atoms with Gasteiger partial charge in [0.05, 0.1) is 22.8 Å². The number of benzene rings is 3. The number of nitrogens with one attached hydrogen (secondary N) is 1. The molecule has 5 aromatic rings. The van der Waals surface area contributed by atoms with Gasteiger partial charge >= 0.3 is 5.97 Å². The third-order valence-electron chi connectivity index (χ3n) is 11.1. The van der Waals surface area contributed by atoms with Crippen LogP contribution >= 0.6 is 11.6 Å². The molecule has 0 aliphatic carbocycles. The number of carboxylic acid groups (broad SMARTS) is 1. The number of carboxylic acids is 1. The summed E-state index contributed by atoms with van der Waals surface area (Å²) < 4.78 is 29.6. The molecule has 0 radical (unpaired) electrons. The molecule has 11 heteroatoms. The SMILES string of the molecule is C.CCNCC.CCc1c2c(nn1C)CN(CCC1CCOCC1)CCCCn1c(C(=O)O)c(CCCOc3cccc4cc(F)ccc34)c3ccc(Cl)c-2c31. The number of halogens is 2. The van der Waals surface area contributed by atoms with Crippen LogP contribution in [0.4, 0.5) is 4.39 Å². The third kappa shape index (κ3) is 9.76. The molecule has 4 heterocycles. The van der Waals surface area contributed by atoms with Gasteiger partial charge in [0.1, 0.15) is 17.3 Å². The minimum atomic E-state index is -0.939. The molecular formula is C45H61ClFN5O4. The van der Waals surface area contributed by atoms with Gasteiger partial charge in [-0.1, -0.05) is 58.0 Å². The summed E-state index contributed by atoms with van der Waals surface area (Å²) in [5.41, 5.74) is 5.98. The van der Waals surface area contributed by atoms with Gasteiger partial charge < -0.3 is 24.5 Å². The van der Waals surface area contributed by atoms with Gasteiger partial charge in [-0.25, -0.2) is 9.18 Å². The molecule has 1 saturated heterocycles. The van der Waals surface area contributed by atoms with Crippen molar-refractivity contribution in [3.05, 3.63) is 82.0 Å². The third-order valence-corrected chi connectivity index (χ3v) is 11.4. The number of carbonyl (C=O) groups is 1. The largest absolute Gasteiger partial charge is 0.493 e. The van der Waals surface area contributed by atoms with E-state index in [0.29, 0.717) is 48.4 Å². The molecule has 56 heavy (non-hydrogen) atoms. The van der Waals surface area contributed by atoms with Crippen LogP contribution in [0.5, 0.6) is 5.75 Å². The second kappa shape index (κ2) is 20.5. The van der Waals surface area contributed by atoms with Crippen molar-refractivity contribution in [2.75, 3.05) is 46.0 Å². The molecule has 0 spiro atoms. The number of hydrogen-bond acceptors (Lipinski definition) is 6. The van der Waals surface area contributed by atoms with E-state index in [1.54, 1.807) is 6.07 Å². The lowest BCUT2D eigenvalue weighted by molar-refractivity contribution is 0.0595. The zero-order valence-electron chi connectivity index (χ0n) is 32.9. The first-order chi connectivity index (χ1) is 26.7. The van der Waals surface area contributed by atoms with E-state index in [2.05, 4.69) is 31.0 Å². The van der Waals surface area contributed by atoms with E-state index >= 15 is 0 Å². The van der Waals surface area contributed by atoms with Gasteiger partial charge in [0, 0.05) is 60.9 Å². The van der Waals surface area contributed by atoms with Crippen LogP contribution in [0, 0.1) is 11.7 Å². The number of ether oxygens (including phenoxy) is 2. The van der Waals surface area contributed by atoms with Crippen molar-refractivity contribution in [3.63, 3.8) is 0 Å². The highest BCUT2D eigenvalue weighted by atomic mass is 35.5. The fourth-order valence-electron chi connectivity index (χ4n) is 8.40. The maximum absolute atomic E-state index is 13.8. The van der Waals surface area contributed by atoms with Gasteiger partial charge in [-0.2, -0.15) is 5.10 Å². The quantitative estimate of drug-likeness (QED) is 0.122. The molecule has 2 N–H and O–H groups in total. The minimum absolute atomic E-state index is 0. The van der Waals surface area contributed by atoms with Gasteiger partial charge in [-0.3, -0.25) is 9.58 Å². The van der Waals surface area contributed by atoms with Gasteiger partial charge in [0.2, 0.25) is 0 Å². The lowest BCUT2D eigenvalue weighted by Crippen LogP contribution is -2.29.